The van der Waals surface area contributed by atoms with Crippen molar-refractivity contribution in [2.45, 2.75) is 185 Å². The molecule has 304 valence electrons. The van der Waals surface area contributed by atoms with E-state index in [4.69, 9.17) is 33.2 Å². The van der Waals surface area contributed by atoms with Crippen molar-refractivity contribution in [3.05, 3.63) is 0 Å². The molecule has 4 heterocycles. The number of aliphatic hydroxyl groups excluding tert-OH is 2. The van der Waals surface area contributed by atoms with Gasteiger partial charge >= 0.3 is 5.97 Å². The number of nitrogens with zero attached hydrogens (tertiary/aromatic N) is 1. The van der Waals surface area contributed by atoms with E-state index in [1.165, 1.54) is 6.92 Å². The molecule has 4 rings (SSSR count). The fourth-order valence-electron chi connectivity index (χ4n) is 9.03. The summed E-state index contributed by atoms with van der Waals surface area (Å²) in [5.41, 5.74) is -4.68. The Kier molecular flexibility index (Phi) is 14.0. The summed E-state index contributed by atoms with van der Waals surface area (Å²) in [5.74, 6) is -2.48. The van der Waals surface area contributed by atoms with Crippen LogP contribution in [0.2, 0.25) is 0 Å². The van der Waals surface area contributed by atoms with Crippen molar-refractivity contribution in [3.63, 3.8) is 0 Å². The van der Waals surface area contributed by atoms with Gasteiger partial charge in [-0.1, -0.05) is 20.8 Å². The fraction of sp³-hybridized carbons (Fsp3) is 0.974. The van der Waals surface area contributed by atoms with E-state index in [0.29, 0.717) is 26.0 Å². The average molecular weight is 747 g/mol. The van der Waals surface area contributed by atoms with E-state index in [9.17, 15) is 25.2 Å². The predicted molar refractivity (Wildman–Crippen MR) is 192 cm³/mol. The predicted octanol–water partition coefficient (Wildman–Crippen LogP) is 1.97. The minimum atomic E-state index is -1.78. The minimum Gasteiger partial charge on any atom is -0.459 e. The van der Waals surface area contributed by atoms with Gasteiger partial charge in [0.2, 0.25) is 0 Å². The van der Waals surface area contributed by atoms with E-state index in [2.05, 4.69) is 5.32 Å². The van der Waals surface area contributed by atoms with Gasteiger partial charge in [-0.25, -0.2) is 0 Å². The number of cyclic esters (lactones) is 1. The van der Waals surface area contributed by atoms with E-state index in [-0.39, 0.29) is 30.9 Å². The lowest BCUT2D eigenvalue weighted by Gasteiger charge is -2.49. The maximum Gasteiger partial charge on any atom is 0.311 e. The van der Waals surface area contributed by atoms with Gasteiger partial charge in [-0.15, -0.1) is 0 Å². The highest BCUT2D eigenvalue weighted by atomic mass is 16.7. The number of carbonyl (C=O) groups is 1. The molecule has 16 unspecified atom stereocenters. The third kappa shape index (κ3) is 8.84. The van der Waals surface area contributed by atoms with E-state index in [0.717, 1.165) is 0 Å². The van der Waals surface area contributed by atoms with Crippen LogP contribution in [0.1, 0.15) is 94.9 Å². The van der Waals surface area contributed by atoms with E-state index < -0.39 is 95.5 Å². The zero-order valence-electron chi connectivity index (χ0n) is 33.8. The van der Waals surface area contributed by atoms with Crippen molar-refractivity contribution in [1.29, 1.82) is 0 Å². The number of nitrogens with one attached hydrogen (secondary N) is 1. The highest BCUT2D eigenvalue weighted by molar-refractivity contribution is 5.73. The molecular formula is C38H70N2O12. The second-order valence-corrected chi connectivity index (χ2v) is 17.3. The lowest BCUT2D eigenvalue weighted by Crippen LogP contribution is -2.61. The summed E-state index contributed by atoms with van der Waals surface area (Å²) in [4.78, 5) is 16.1. The maximum absolute atomic E-state index is 14.2. The van der Waals surface area contributed by atoms with E-state index in [1.807, 2.05) is 53.6 Å². The second kappa shape index (κ2) is 16.6. The molecule has 4 aliphatic rings. The third-order valence-corrected chi connectivity index (χ3v) is 12.6. The molecule has 4 fully saturated rings. The van der Waals surface area contributed by atoms with Crippen LogP contribution in [0.3, 0.4) is 0 Å². The first-order valence-corrected chi connectivity index (χ1v) is 19.3. The number of likely N-dealkylation sites (N-methyl/N-ethyl adjacent to an activating group) is 1. The van der Waals surface area contributed by atoms with Crippen LogP contribution in [0.15, 0.2) is 0 Å². The Hall–Kier alpha value is -1.01. The number of ether oxygens (including phenoxy) is 7. The van der Waals surface area contributed by atoms with Crippen molar-refractivity contribution in [2.24, 2.45) is 17.8 Å². The van der Waals surface area contributed by atoms with Crippen molar-refractivity contribution >= 4 is 5.97 Å². The SMILES string of the molecule is CC[C@H]1OC(=O)C(C)C(OC2CC(C)(OC)[C@@]3(CO3)C(C)O2)C(C)C(OC2OC(C)CC(N(C)C)C2O)C(C)(O)CC(C)CNC(C)C(O)C1(C)O. The monoisotopic (exact) mass is 746 g/mol. The van der Waals surface area contributed by atoms with Crippen LogP contribution >= 0.6 is 0 Å². The van der Waals surface area contributed by atoms with Gasteiger partial charge in [0.15, 0.2) is 12.6 Å². The van der Waals surface area contributed by atoms with Crippen LogP contribution in [0.5, 0.6) is 0 Å². The third-order valence-electron chi connectivity index (χ3n) is 12.6. The zero-order chi connectivity index (χ0) is 39.1. The molecule has 0 amide bonds. The van der Waals surface area contributed by atoms with E-state index >= 15 is 0 Å². The molecule has 18 atom stereocenters. The molecule has 0 radical (unpaired) electrons. The van der Waals surface area contributed by atoms with Gasteiger partial charge in [0.1, 0.15) is 35.1 Å². The number of epoxide rings is 1. The molecular weight excluding hydrogens is 676 g/mol. The number of methoxy groups -OCH3 is 1. The van der Waals surface area contributed by atoms with Gasteiger partial charge in [-0.05, 0) is 94.3 Å². The molecule has 0 aromatic carbocycles. The Morgan fingerprint density at radius 1 is 0.981 bits per heavy atom. The van der Waals surface area contributed by atoms with Crippen LogP contribution in [0.4, 0.5) is 0 Å². The molecule has 52 heavy (non-hydrogen) atoms. The van der Waals surface area contributed by atoms with Crippen LogP contribution in [-0.4, -0.2) is 155 Å². The summed E-state index contributed by atoms with van der Waals surface area (Å²) in [6.07, 6.45) is -6.51. The highest BCUT2D eigenvalue weighted by Gasteiger charge is 2.67. The lowest BCUT2D eigenvalue weighted by molar-refractivity contribution is -0.315. The Labute approximate surface area is 311 Å². The molecule has 0 bridgehead atoms. The standard InChI is InChI=1S/C38H70N2O12/c1-14-27-37(10,45)31(42)24(6)39-18-20(2)16-35(8,44)32(52-34-29(41)26(40(11)12)15-21(3)48-34)22(4)30(23(5)33(43)50-27)51-28-17-36(9,46-13)38(19-47-38)25(7)49-28/h20-32,34,39,41-42,44-45H,14-19H2,1-13H3/t20?,21?,22?,23?,24?,25?,26?,27-,28?,29?,30?,31?,32?,34?,35?,36?,37?,38-/m1/s1. The number of hydrogen-bond donors (Lipinski definition) is 5. The first-order chi connectivity index (χ1) is 24.0. The molecule has 0 aliphatic carbocycles. The fourth-order valence-corrected chi connectivity index (χ4v) is 9.03. The van der Waals surface area contributed by atoms with Gasteiger partial charge in [-0.2, -0.15) is 0 Å². The first kappa shape index (κ1) is 43.7. The summed E-state index contributed by atoms with van der Waals surface area (Å²) in [6.45, 7) is 18.9. The summed E-state index contributed by atoms with van der Waals surface area (Å²) in [5, 5.41) is 50.2. The summed E-state index contributed by atoms with van der Waals surface area (Å²) >= 11 is 0. The molecule has 5 N–H and O–H groups in total. The van der Waals surface area contributed by atoms with Crippen molar-refractivity contribution in [3.8, 4) is 0 Å². The van der Waals surface area contributed by atoms with Crippen molar-refractivity contribution in [2.75, 3.05) is 34.4 Å². The number of esters is 1. The minimum absolute atomic E-state index is 0.139. The molecule has 0 saturated carbocycles. The Bertz CT molecular complexity index is 1180. The molecule has 0 aromatic heterocycles. The molecule has 14 nitrogen and oxygen atoms in total. The quantitative estimate of drug-likeness (QED) is 0.189. The summed E-state index contributed by atoms with van der Waals surface area (Å²) in [7, 11) is 5.42. The Morgan fingerprint density at radius 3 is 2.17 bits per heavy atom. The number of carbonyl (C=O) groups excluding carboxylic acids is 1. The molecule has 4 aliphatic heterocycles. The van der Waals surface area contributed by atoms with E-state index in [1.54, 1.807) is 34.8 Å². The highest BCUT2D eigenvalue weighted by Crippen LogP contribution is 2.51. The second-order valence-electron chi connectivity index (χ2n) is 17.3. The molecule has 14 heteroatoms. The van der Waals surface area contributed by atoms with Crippen molar-refractivity contribution in [1.82, 2.24) is 10.2 Å². The van der Waals surface area contributed by atoms with Gasteiger partial charge in [-0.3, -0.25) is 4.79 Å². The number of aliphatic hydroxyl groups is 4. The molecule has 1 spiro atoms. The van der Waals surface area contributed by atoms with Crippen LogP contribution in [0.25, 0.3) is 0 Å². The van der Waals surface area contributed by atoms with Gasteiger partial charge in [0, 0.05) is 31.5 Å². The largest absolute Gasteiger partial charge is 0.459 e. The average Bonchev–Trinajstić information content (AvgIpc) is 3.88. The van der Waals surface area contributed by atoms with Gasteiger partial charge < -0.3 is 63.8 Å². The topological polar surface area (TPSA) is 181 Å². The normalized spacial score (nSPS) is 51.5. The number of hydrogen-bond acceptors (Lipinski definition) is 14. The van der Waals surface area contributed by atoms with Crippen LogP contribution < -0.4 is 5.32 Å². The maximum atomic E-state index is 14.2. The molecule has 0 aromatic rings. The number of rotatable bonds is 7. The lowest BCUT2D eigenvalue weighted by atomic mass is 9.77. The Balaban J connectivity index is 1.79. The molecule has 4 saturated heterocycles. The van der Waals surface area contributed by atoms with Gasteiger partial charge in [0.05, 0.1) is 42.5 Å². The Morgan fingerprint density at radius 2 is 1.62 bits per heavy atom. The zero-order valence-corrected chi connectivity index (χ0v) is 33.8. The first-order valence-electron chi connectivity index (χ1n) is 19.3. The summed E-state index contributed by atoms with van der Waals surface area (Å²) < 4.78 is 44.1. The van der Waals surface area contributed by atoms with Gasteiger partial charge in [0.25, 0.3) is 0 Å². The van der Waals surface area contributed by atoms with Crippen molar-refractivity contribution < 1.29 is 58.4 Å². The van der Waals surface area contributed by atoms with Crippen LogP contribution in [-0.2, 0) is 38.0 Å². The smallest absolute Gasteiger partial charge is 0.311 e. The summed E-state index contributed by atoms with van der Waals surface area (Å²) in [6, 6.07) is -0.831. The van der Waals surface area contributed by atoms with Crippen LogP contribution in [0, 0.1) is 17.8 Å².